The minimum absolute atomic E-state index is 0.341. The van der Waals surface area contributed by atoms with Crippen LogP contribution in [0.4, 0.5) is 5.69 Å². The monoisotopic (exact) mass is 303 g/mol. The van der Waals surface area contributed by atoms with Crippen molar-refractivity contribution in [3.63, 3.8) is 0 Å². The number of aliphatic hydroxyl groups is 1. The number of para-hydroxylation sites is 1. The van der Waals surface area contributed by atoms with E-state index in [1.54, 1.807) is 24.3 Å². The Labute approximate surface area is 129 Å². The van der Waals surface area contributed by atoms with Crippen LogP contribution in [0.15, 0.2) is 54.6 Å². The van der Waals surface area contributed by atoms with Gasteiger partial charge in [-0.2, -0.15) is 0 Å². The van der Waals surface area contributed by atoms with Crippen LogP contribution in [0.3, 0.4) is 0 Å². The highest BCUT2D eigenvalue weighted by molar-refractivity contribution is 6.30. The van der Waals surface area contributed by atoms with Gasteiger partial charge in [0.05, 0.1) is 0 Å². The van der Waals surface area contributed by atoms with Gasteiger partial charge in [0.1, 0.15) is 5.60 Å². The second kappa shape index (κ2) is 6.74. The summed E-state index contributed by atoms with van der Waals surface area (Å²) in [5, 5.41) is 13.7. The van der Waals surface area contributed by atoms with Crippen molar-refractivity contribution in [2.24, 2.45) is 0 Å². The van der Waals surface area contributed by atoms with E-state index >= 15 is 0 Å². The highest BCUT2D eigenvalue weighted by Crippen LogP contribution is 2.18. The zero-order valence-electron chi connectivity index (χ0n) is 11.8. The summed E-state index contributed by atoms with van der Waals surface area (Å²) >= 11 is 5.83. The Morgan fingerprint density at radius 2 is 1.76 bits per heavy atom. The molecule has 2 aromatic carbocycles. The molecule has 0 spiro atoms. The number of carbonyl (C=O) groups excluding carboxylic acids is 1. The van der Waals surface area contributed by atoms with Crippen LogP contribution in [0.25, 0.3) is 0 Å². The summed E-state index contributed by atoms with van der Waals surface area (Å²) < 4.78 is 0. The Morgan fingerprint density at radius 1 is 1.14 bits per heavy atom. The maximum Gasteiger partial charge on any atom is 0.256 e. The van der Waals surface area contributed by atoms with Gasteiger partial charge in [-0.05, 0) is 49.6 Å². The SMILES string of the molecule is C[C@](O)(CCc1ccc(Cl)cc1)C(=O)Nc1ccccc1. The van der Waals surface area contributed by atoms with Gasteiger partial charge in [0, 0.05) is 10.7 Å². The smallest absolute Gasteiger partial charge is 0.256 e. The predicted molar refractivity (Wildman–Crippen MR) is 85.5 cm³/mol. The Balaban J connectivity index is 1.94. The molecule has 3 nitrogen and oxygen atoms in total. The average molecular weight is 304 g/mol. The number of benzene rings is 2. The molecule has 0 aromatic heterocycles. The van der Waals surface area contributed by atoms with E-state index < -0.39 is 11.5 Å². The van der Waals surface area contributed by atoms with Crippen molar-refractivity contribution >= 4 is 23.2 Å². The number of nitrogens with one attached hydrogen (secondary N) is 1. The normalized spacial score (nSPS) is 13.5. The molecule has 0 saturated heterocycles. The lowest BCUT2D eigenvalue weighted by Crippen LogP contribution is -2.40. The second-order valence-corrected chi connectivity index (χ2v) is 5.66. The van der Waals surface area contributed by atoms with Gasteiger partial charge in [-0.25, -0.2) is 0 Å². The molecule has 1 amide bonds. The average Bonchev–Trinajstić information content (AvgIpc) is 2.48. The van der Waals surface area contributed by atoms with E-state index in [1.807, 2.05) is 30.3 Å². The van der Waals surface area contributed by atoms with Gasteiger partial charge in [-0.1, -0.05) is 41.9 Å². The fraction of sp³-hybridized carbons (Fsp3) is 0.235. The highest BCUT2D eigenvalue weighted by Gasteiger charge is 2.29. The molecule has 0 fully saturated rings. The zero-order valence-corrected chi connectivity index (χ0v) is 12.6. The van der Waals surface area contributed by atoms with Crippen LogP contribution >= 0.6 is 11.6 Å². The standard InChI is InChI=1S/C17H18ClNO2/c1-17(21,12-11-13-7-9-14(18)10-8-13)16(20)19-15-5-3-2-4-6-15/h2-10,21H,11-12H2,1H3,(H,19,20)/t17-/m0/s1. The van der Waals surface area contributed by atoms with Crippen molar-refractivity contribution in [2.75, 3.05) is 5.32 Å². The van der Waals surface area contributed by atoms with Crippen molar-refractivity contribution < 1.29 is 9.90 Å². The number of hydrogen-bond donors (Lipinski definition) is 2. The third-order valence-electron chi connectivity index (χ3n) is 3.33. The third kappa shape index (κ3) is 4.59. The summed E-state index contributed by atoms with van der Waals surface area (Å²) in [5.74, 6) is -0.400. The lowest BCUT2D eigenvalue weighted by Gasteiger charge is -2.22. The third-order valence-corrected chi connectivity index (χ3v) is 3.59. The second-order valence-electron chi connectivity index (χ2n) is 5.22. The molecule has 2 rings (SSSR count). The van der Waals surface area contributed by atoms with E-state index in [1.165, 1.54) is 6.92 Å². The van der Waals surface area contributed by atoms with Gasteiger partial charge in [0.2, 0.25) is 0 Å². The quantitative estimate of drug-likeness (QED) is 0.885. The first-order chi connectivity index (χ1) is 9.97. The van der Waals surface area contributed by atoms with Crippen LogP contribution in [0, 0.1) is 0 Å². The molecule has 0 aliphatic heterocycles. The number of halogens is 1. The summed E-state index contributed by atoms with van der Waals surface area (Å²) in [6, 6.07) is 16.5. The first-order valence-electron chi connectivity index (χ1n) is 6.81. The van der Waals surface area contributed by atoms with Gasteiger partial charge >= 0.3 is 0 Å². The van der Waals surface area contributed by atoms with E-state index in [-0.39, 0.29) is 0 Å². The molecule has 21 heavy (non-hydrogen) atoms. The van der Waals surface area contributed by atoms with Gasteiger partial charge in [-0.3, -0.25) is 4.79 Å². The number of anilines is 1. The van der Waals surface area contributed by atoms with Gasteiger partial charge in [0.15, 0.2) is 0 Å². The number of aryl methyl sites for hydroxylation is 1. The minimum Gasteiger partial charge on any atom is -0.380 e. The molecule has 1 atom stereocenters. The minimum atomic E-state index is -1.42. The lowest BCUT2D eigenvalue weighted by atomic mass is 9.96. The summed E-state index contributed by atoms with van der Waals surface area (Å²) in [5.41, 5.74) is 0.289. The molecule has 2 N–H and O–H groups in total. The van der Waals surface area contributed by atoms with E-state index in [4.69, 9.17) is 11.6 Å². The van der Waals surface area contributed by atoms with Gasteiger partial charge in [-0.15, -0.1) is 0 Å². The van der Waals surface area contributed by atoms with E-state index in [2.05, 4.69) is 5.32 Å². The largest absolute Gasteiger partial charge is 0.380 e. The molecular weight excluding hydrogens is 286 g/mol. The summed E-state index contributed by atoms with van der Waals surface area (Å²) in [4.78, 5) is 12.1. The Morgan fingerprint density at radius 3 is 2.38 bits per heavy atom. The number of hydrogen-bond acceptors (Lipinski definition) is 2. The summed E-state index contributed by atoms with van der Waals surface area (Å²) in [6.45, 7) is 1.53. The Bertz CT molecular complexity index is 594. The molecule has 0 unspecified atom stereocenters. The molecule has 4 heteroatoms. The number of amides is 1. The fourth-order valence-electron chi connectivity index (χ4n) is 1.94. The van der Waals surface area contributed by atoms with Crippen molar-refractivity contribution in [3.8, 4) is 0 Å². The first-order valence-corrected chi connectivity index (χ1v) is 7.18. The van der Waals surface area contributed by atoms with E-state index in [0.29, 0.717) is 23.6 Å². The first kappa shape index (κ1) is 15.5. The lowest BCUT2D eigenvalue weighted by molar-refractivity contribution is -0.132. The van der Waals surface area contributed by atoms with Crippen molar-refractivity contribution in [1.82, 2.24) is 0 Å². The molecule has 0 saturated carbocycles. The summed E-state index contributed by atoms with van der Waals surface area (Å²) in [7, 11) is 0. The topological polar surface area (TPSA) is 49.3 Å². The molecule has 0 aliphatic rings. The molecular formula is C17H18ClNO2. The molecule has 0 radical (unpaired) electrons. The van der Waals surface area contributed by atoms with Crippen LogP contribution in [0.2, 0.25) is 5.02 Å². The summed E-state index contributed by atoms with van der Waals surface area (Å²) in [6.07, 6.45) is 0.944. The predicted octanol–water partition coefficient (Wildman–Crippen LogP) is 3.66. The fourth-order valence-corrected chi connectivity index (χ4v) is 2.07. The van der Waals surface area contributed by atoms with Crippen molar-refractivity contribution in [3.05, 3.63) is 65.2 Å². The molecule has 2 aromatic rings. The molecule has 0 heterocycles. The maximum atomic E-state index is 12.1. The van der Waals surface area contributed by atoms with E-state index in [9.17, 15) is 9.90 Å². The van der Waals surface area contributed by atoms with Crippen LogP contribution in [0.5, 0.6) is 0 Å². The molecule has 0 aliphatic carbocycles. The van der Waals surface area contributed by atoms with Gasteiger partial charge < -0.3 is 10.4 Å². The van der Waals surface area contributed by atoms with Crippen LogP contribution in [0.1, 0.15) is 18.9 Å². The van der Waals surface area contributed by atoms with Crippen molar-refractivity contribution in [2.45, 2.75) is 25.4 Å². The number of carbonyl (C=O) groups is 1. The Kier molecular flexibility index (Phi) is 4.99. The molecule has 0 bridgehead atoms. The molecule has 110 valence electrons. The van der Waals surface area contributed by atoms with Crippen molar-refractivity contribution in [1.29, 1.82) is 0 Å². The Hall–Kier alpha value is -1.84. The van der Waals surface area contributed by atoms with Crippen LogP contribution < -0.4 is 5.32 Å². The van der Waals surface area contributed by atoms with Crippen LogP contribution in [-0.2, 0) is 11.2 Å². The van der Waals surface area contributed by atoms with E-state index in [0.717, 1.165) is 5.56 Å². The maximum absolute atomic E-state index is 12.1. The highest BCUT2D eigenvalue weighted by atomic mass is 35.5. The number of rotatable bonds is 5. The zero-order chi connectivity index (χ0) is 15.3. The van der Waals surface area contributed by atoms with Crippen LogP contribution in [-0.4, -0.2) is 16.6 Å². The van der Waals surface area contributed by atoms with Gasteiger partial charge in [0.25, 0.3) is 5.91 Å².